The van der Waals surface area contributed by atoms with Crippen molar-refractivity contribution in [2.24, 2.45) is 0 Å². The van der Waals surface area contributed by atoms with Crippen LogP contribution < -0.4 is 9.80 Å². The van der Waals surface area contributed by atoms with Gasteiger partial charge in [0.1, 0.15) is 5.82 Å². The molecule has 6 rings (SSSR count). The van der Waals surface area contributed by atoms with Gasteiger partial charge in [-0.3, -0.25) is 19.4 Å². The minimum Gasteiger partial charge on any atom is -0.352 e. The molecule has 1 aromatic heterocycles. The highest BCUT2D eigenvalue weighted by atomic mass is 16.2. The largest absolute Gasteiger partial charge is 0.352 e. The van der Waals surface area contributed by atoms with Crippen molar-refractivity contribution in [3.63, 3.8) is 0 Å². The number of hydrogen-bond acceptors (Lipinski definition) is 6. The Morgan fingerprint density at radius 2 is 1.54 bits per heavy atom. The van der Waals surface area contributed by atoms with Crippen molar-refractivity contribution in [2.75, 3.05) is 36.0 Å². The third kappa shape index (κ3) is 3.91. The topological polar surface area (TPSA) is 86.7 Å². The molecule has 1 fully saturated rings. The van der Waals surface area contributed by atoms with Crippen LogP contribution in [-0.4, -0.2) is 58.8 Å². The number of aromatic nitrogens is 2. The van der Waals surface area contributed by atoms with E-state index in [-0.39, 0.29) is 17.4 Å². The molecule has 0 unspecified atom stereocenters. The van der Waals surface area contributed by atoms with E-state index in [1.165, 1.54) is 4.90 Å². The molecular formula is C29H25N5O3. The number of amides is 3. The molecule has 3 aromatic carbocycles. The normalized spacial score (nSPS) is 15.5. The third-order valence-electron chi connectivity index (χ3n) is 7.05. The van der Waals surface area contributed by atoms with Crippen LogP contribution in [0.25, 0.3) is 11.0 Å². The van der Waals surface area contributed by atoms with Gasteiger partial charge >= 0.3 is 0 Å². The third-order valence-corrected chi connectivity index (χ3v) is 7.05. The van der Waals surface area contributed by atoms with Gasteiger partial charge in [-0.05, 0) is 55.8 Å². The van der Waals surface area contributed by atoms with Crippen LogP contribution >= 0.6 is 0 Å². The smallest absolute Gasteiger partial charge is 0.266 e. The molecule has 37 heavy (non-hydrogen) atoms. The van der Waals surface area contributed by atoms with Crippen LogP contribution in [0.3, 0.4) is 0 Å². The summed E-state index contributed by atoms with van der Waals surface area (Å²) in [4.78, 5) is 53.9. The number of rotatable bonds is 3. The number of nitrogens with zero attached hydrogens (tertiary/aromatic N) is 5. The summed E-state index contributed by atoms with van der Waals surface area (Å²) in [6.07, 6.45) is 1.77. The first kappa shape index (κ1) is 22.8. The highest BCUT2D eigenvalue weighted by Gasteiger charge is 2.38. The molecular weight excluding hydrogens is 466 g/mol. The van der Waals surface area contributed by atoms with E-state index in [2.05, 4.69) is 9.88 Å². The van der Waals surface area contributed by atoms with Crippen LogP contribution in [0.4, 0.5) is 11.5 Å². The predicted octanol–water partition coefficient (Wildman–Crippen LogP) is 4.01. The second-order valence-corrected chi connectivity index (χ2v) is 9.49. The zero-order valence-corrected chi connectivity index (χ0v) is 20.6. The van der Waals surface area contributed by atoms with E-state index in [4.69, 9.17) is 4.98 Å². The molecule has 0 atom stereocenters. The van der Waals surface area contributed by atoms with Crippen LogP contribution in [0.1, 0.15) is 42.2 Å². The molecule has 2 aliphatic rings. The van der Waals surface area contributed by atoms with Gasteiger partial charge in [-0.15, -0.1) is 0 Å². The number of benzene rings is 3. The number of anilines is 2. The maximum absolute atomic E-state index is 13.3. The van der Waals surface area contributed by atoms with E-state index in [1.54, 1.807) is 35.4 Å². The van der Waals surface area contributed by atoms with Crippen molar-refractivity contribution < 1.29 is 14.4 Å². The second kappa shape index (κ2) is 8.81. The molecule has 4 aromatic rings. The SMILES string of the molecule is Cc1ccc(N2C(=O)c3ccc(C(=O)N4CCN(c5cnc6ccccc6n5)CC4)cc3C2=O)c(C)c1. The van der Waals surface area contributed by atoms with Crippen LogP contribution in [-0.2, 0) is 0 Å². The fraction of sp³-hybridized carbons (Fsp3) is 0.207. The number of aryl methyl sites for hydroxylation is 2. The Hall–Kier alpha value is -4.59. The first-order chi connectivity index (χ1) is 17.9. The molecule has 184 valence electrons. The Balaban J connectivity index is 1.18. The Morgan fingerprint density at radius 3 is 2.30 bits per heavy atom. The van der Waals surface area contributed by atoms with Crippen LogP contribution in [0.5, 0.6) is 0 Å². The van der Waals surface area contributed by atoms with Crippen LogP contribution in [0, 0.1) is 13.8 Å². The van der Waals surface area contributed by atoms with Gasteiger partial charge in [0.2, 0.25) is 0 Å². The molecule has 1 saturated heterocycles. The molecule has 3 heterocycles. The van der Waals surface area contributed by atoms with Gasteiger partial charge in [-0.25, -0.2) is 9.88 Å². The average Bonchev–Trinajstić information content (AvgIpc) is 3.17. The van der Waals surface area contributed by atoms with E-state index in [9.17, 15) is 14.4 Å². The first-order valence-electron chi connectivity index (χ1n) is 12.3. The van der Waals surface area contributed by atoms with Crippen molar-refractivity contribution >= 4 is 40.3 Å². The van der Waals surface area contributed by atoms with E-state index in [0.717, 1.165) is 28.0 Å². The predicted molar refractivity (Wildman–Crippen MR) is 141 cm³/mol. The summed E-state index contributed by atoms with van der Waals surface area (Å²) in [6, 6.07) is 18.1. The summed E-state index contributed by atoms with van der Waals surface area (Å²) in [5, 5.41) is 0. The fourth-order valence-electron chi connectivity index (χ4n) is 5.07. The molecule has 2 aliphatic heterocycles. The number of fused-ring (bicyclic) bond motifs is 2. The maximum Gasteiger partial charge on any atom is 0.266 e. The van der Waals surface area contributed by atoms with Crippen LogP contribution in [0.2, 0.25) is 0 Å². The average molecular weight is 492 g/mol. The summed E-state index contributed by atoms with van der Waals surface area (Å²) in [7, 11) is 0. The van der Waals surface area contributed by atoms with Gasteiger partial charge in [0.25, 0.3) is 17.7 Å². The Bertz CT molecular complexity index is 1590. The Morgan fingerprint density at radius 1 is 0.811 bits per heavy atom. The second-order valence-electron chi connectivity index (χ2n) is 9.49. The molecule has 0 aliphatic carbocycles. The molecule has 0 N–H and O–H groups in total. The highest BCUT2D eigenvalue weighted by molar-refractivity contribution is 6.35. The van der Waals surface area contributed by atoms with Gasteiger partial charge in [0, 0.05) is 31.7 Å². The van der Waals surface area contributed by atoms with Crippen molar-refractivity contribution in [2.45, 2.75) is 13.8 Å². The molecule has 0 saturated carbocycles. The van der Waals surface area contributed by atoms with Gasteiger partial charge in [0.05, 0.1) is 34.0 Å². The number of imide groups is 1. The van der Waals surface area contributed by atoms with Crippen molar-refractivity contribution in [3.05, 3.63) is 94.7 Å². The number of piperazine rings is 1. The lowest BCUT2D eigenvalue weighted by Gasteiger charge is -2.35. The molecule has 3 amide bonds. The van der Waals surface area contributed by atoms with Crippen molar-refractivity contribution in [1.29, 1.82) is 0 Å². The quantitative estimate of drug-likeness (QED) is 0.403. The maximum atomic E-state index is 13.3. The monoisotopic (exact) mass is 491 g/mol. The zero-order chi connectivity index (χ0) is 25.7. The Labute approximate surface area is 214 Å². The summed E-state index contributed by atoms with van der Waals surface area (Å²) >= 11 is 0. The molecule has 0 radical (unpaired) electrons. The van der Waals surface area contributed by atoms with Crippen LogP contribution in [0.15, 0.2) is 66.9 Å². The first-order valence-corrected chi connectivity index (χ1v) is 12.3. The molecule has 8 nitrogen and oxygen atoms in total. The lowest BCUT2D eigenvalue weighted by molar-refractivity contribution is 0.0746. The lowest BCUT2D eigenvalue weighted by atomic mass is 10.0. The van der Waals surface area contributed by atoms with E-state index in [0.29, 0.717) is 43.0 Å². The molecule has 0 spiro atoms. The number of carbonyl (C=O) groups excluding carboxylic acids is 3. The highest BCUT2D eigenvalue weighted by Crippen LogP contribution is 2.32. The van der Waals surface area contributed by atoms with E-state index in [1.807, 2.05) is 50.2 Å². The van der Waals surface area contributed by atoms with E-state index >= 15 is 0 Å². The van der Waals surface area contributed by atoms with Gasteiger partial charge in [-0.1, -0.05) is 29.8 Å². The fourth-order valence-corrected chi connectivity index (χ4v) is 5.07. The Kier molecular flexibility index (Phi) is 5.44. The minimum absolute atomic E-state index is 0.155. The van der Waals surface area contributed by atoms with Gasteiger partial charge in [0.15, 0.2) is 0 Å². The van der Waals surface area contributed by atoms with E-state index < -0.39 is 5.91 Å². The summed E-state index contributed by atoms with van der Waals surface area (Å²) in [5.41, 5.74) is 5.14. The molecule has 8 heteroatoms. The summed E-state index contributed by atoms with van der Waals surface area (Å²) < 4.78 is 0. The number of hydrogen-bond donors (Lipinski definition) is 0. The summed E-state index contributed by atoms with van der Waals surface area (Å²) in [5.74, 6) is -0.131. The molecule has 0 bridgehead atoms. The standard InChI is InChI=1S/C29H25N5O3/c1-18-7-10-25(19(2)15-18)34-28(36)21-9-8-20(16-22(21)29(34)37)27(35)33-13-11-32(12-14-33)26-17-30-23-5-3-4-6-24(23)31-26/h3-10,15-17H,11-14H2,1-2H3. The summed E-state index contributed by atoms with van der Waals surface area (Å²) in [6.45, 7) is 6.14. The van der Waals surface area contributed by atoms with Gasteiger partial charge < -0.3 is 9.80 Å². The number of carbonyl (C=O) groups is 3. The number of para-hydroxylation sites is 2. The minimum atomic E-state index is -0.402. The lowest BCUT2D eigenvalue weighted by Crippen LogP contribution is -2.49. The van der Waals surface area contributed by atoms with Crippen molar-refractivity contribution in [1.82, 2.24) is 14.9 Å². The zero-order valence-electron chi connectivity index (χ0n) is 20.6. The van der Waals surface area contributed by atoms with Gasteiger partial charge in [-0.2, -0.15) is 0 Å². The van der Waals surface area contributed by atoms with Crippen molar-refractivity contribution in [3.8, 4) is 0 Å².